The maximum Gasteiger partial charge on any atom is 0.255 e. The number of nitrogens with one attached hydrogen (secondary N) is 3. The second-order valence-electron chi connectivity index (χ2n) is 7.16. The van der Waals surface area contributed by atoms with Crippen molar-refractivity contribution < 1.29 is 18.9 Å². The van der Waals surface area contributed by atoms with Crippen LogP contribution in [0.3, 0.4) is 0 Å². The van der Waals surface area contributed by atoms with Crippen LogP contribution in [-0.2, 0) is 16.1 Å². The number of aryl methyl sites for hydroxylation is 2. The number of hydrogen-bond acceptors (Lipinski definition) is 6. The van der Waals surface area contributed by atoms with Gasteiger partial charge in [-0.25, -0.2) is 0 Å². The zero-order chi connectivity index (χ0) is 22.9. The molecular formula is C23H24N4O4S. The molecule has 1 heterocycles. The number of rotatable bonds is 9. The smallest absolute Gasteiger partial charge is 0.255 e. The monoisotopic (exact) mass is 452 g/mol. The number of carbonyl (C=O) groups is 3. The highest BCUT2D eigenvalue weighted by Gasteiger charge is 2.09. The average Bonchev–Trinajstić information content (AvgIpc) is 3.17. The molecular weight excluding hydrogens is 428 g/mol. The van der Waals surface area contributed by atoms with E-state index in [4.69, 9.17) is 4.52 Å². The summed E-state index contributed by atoms with van der Waals surface area (Å²) < 4.78 is 4.88. The van der Waals surface area contributed by atoms with Gasteiger partial charge in [0.1, 0.15) is 5.76 Å². The molecule has 0 atom stereocenters. The molecule has 0 spiro atoms. The van der Waals surface area contributed by atoms with Crippen molar-refractivity contribution in [2.45, 2.75) is 20.4 Å². The Hall–Kier alpha value is -3.59. The molecule has 1 aromatic heterocycles. The van der Waals surface area contributed by atoms with E-state index >= 15 is 0 Å². The SMILES string of the molecule is Cc1ccc(C(=O)Nc2cccc(CNC(=O)CSCC(=O)Nc3cc(C)on3)c2)cc1. The van der Waals surface area contributed by atoms with Crippen LogP contribution in [-0.4, -0.2) is 34.4 Å². The molecule has 8 nitrogen and oxygen atoms in total. The molecule has 0 unspecified atom stereocenters. The quantitative estimate of drug-likeness (QED) is 0.458. The van der Waals surface area contributed by atoms with Gasteiger partial charge in [-0.15, -0.1) is 11.8 Å². The predicted octanol–water partition coefficient (Wildman–Crippen LogP) is 3.53. The third kappa shape index (κ3) is 7.28. The minimum Gasteiger partial charge on any atom is -0.360 e. The van der Waals surface area contributed by atoms with Gasteiger partial charge in [0.05, 0.1) is 11.5 Å². The van der Waals surface area contributed by atoms with Crippen LogP contribution in [0.2, 0.25) is 0 Å². The van der Waals surface area contributed by atoms with Crippen molar-refractivity contribution in [3.8, 4) is 0 Å². The van der Waals surface area contributed by atoms with E-state index in [0.717, 1.165) is 11.1 Å². The zero-order valence-electron chi connectivity index (χ0n) is 17.8. The Kier molecular flexibility index (Phi) is 8.04. The first kappa shape index (κ1) is 23.1. The van der Waals surface area contributed by atoms with Crippen LogP contribution >= 0.6 is 11.8 Å². The molecule has 0 saturated heterocycles. The van der Waals surface area contributed by atoms with Gasteiger partial charge in [-0.05, 0) is 43.7 Å². The molecule has 0 fully saturated rings. The highest BCUT2D eigenvalue weighted by Crippen LogP contribution is 2.13. The fourth-order valence-corrected chi connectivity index (χ4v) is 3.41. The maximum absolute atomic E-state index is 12.4. The second-order valence-corrected chi connectivity index (χ2v) is 8.15. The summed E-state index contributed by atoms with van der Waals surface area (Å²) in [4.78, 5) is 36.3. The Labute approximate surface area is 190 Å². The minimum absolute atomic E-state index is 0.125. The first-order valence-electron chi connectivity index (χ1n) is 9.93. The molecule has 3 N–H and O–H groups in total. The van der Waals surface area contributed by atoms with Gasteiger partial charge in [0.25, 0.3) is 5.91 Å². The Morgan fingerprint density at radius 3 is 2.41 bits per heavy atom. The lowest BCUT2D eigenvalue weighted by atomic mass is 10.1. The second kappa shape index (κ2) is 11.1. The van der Waals surface area contributed by atoms with E-state index in [1.54, 1.807) is 31.2 Å². The third-order valence-electron chi connectivity index (χ3n) is 4.35. The van der Waals surface area contributed by atoms with E-state index in [9.17, 15) is 14.4 Å². The Morgan fingerprint density at radius 2 is 1.69 bits per heavy atom. The molecule has 0 saturated carbocycles. The van der Waals surface area contributed by atoms with Gasteiger partial charge in [-0.1, -0.05) is 35.0 Å². The number of thioether (sulfide) groups is 1. The number of anilines is 2. The van der Waals surface area contributed by atoms with Crippen molar-refractivity contribution in [3.63, 3.8) is 0 Å². The summed E-state index contributed by atoms with van der Waals surface area (Å²) >= 11 is 1.20. The van der Waals surface area contributed by atoms with E-state index in [1.165, 1.54) is 11.8 Å². The fourth-order valence-electron chi connectivity index (χ4n) is 2.76. The molecule has 0 bridgehead atoms. The van der Waals surface area contributed by atoms with Crippen molar-refractivity contribution in [3.05, 3.63) is 77.0 Å². The van der Waals surface area contributed by atoms with E-state index in [2.05, 4.69) is 21.1 Å². The molecule has 9 heteroatoms. The fraction of sp³-hybridized carbons (Fsp3) is 0.217. The van der Waals surface area contributed by atoms with Crippen LogP contribution in [0.4, 0.5) is 11.5 Å². The van der Waals surface area contributed by atoms with Gasteiger partial charge in [0.2, 0.25) is 11.8 Å². The van der Waals surface area contributed by atoms with Crippen molar-refractivity contribution in [1.29, 1.82) is 0 Å². The summed E-state index contributed by atoms with van der Waals surface area (Å²) in [7, 11) is 0. The Morgan fingerprint density at radius 1 is 0.938 bits per heavy atom. The number of benzene rings is 2. The van der Waals surface area contributed by atoms with Gasteiger partial charge in [-0.3, -0.25) is 14.4 Å². The molecule has 0 aliphatic rings. The van der Waals surface area contributed by atoms with Gasteiger partial charge in [-0.2, -0.15) is 0 Å². The van der Waals surface area contributed by atoms with Crippen LogP contribution in [0, 0.1) is 13.8 Å². The molecule has 3 rings (SSSR count). The number of hydrogen-bond donors (Lipinski definition) is 3. The van der Waals surface area contributed by atoms with Gasteiger partial charge < -0.3 is 20.5 Å². The standard InChI is InChI=1S/C23H24N4O4S/c1-15-6-8-18(9-7-15)23(30)25-19-5-3-4-17(11-19)12-24-21(28)13-32-14-22(29)26-20-10-16(2)31-27-20/h3-11H,12-14H2,1-2H3,(H,24,28)(H,25,30)(H,26,27,29). The molecule has 0 radical (unpaired) electrons. The Balaban J connectivity index is 1.40. The highest BCUT2D eigenvalue weighted by atomic mass is 32.2. The zero-order valence-corrected chi connectivity index (χ0v) is 18.6. The Bertz CT molecular complexity index is 1100. The van der Waals surface area contributed by atoms with Crippen molar-refractivity contribution in [2.24, 2.45) is 0 Å². The van der Waals surface area contributed by atoms with Crippen molar-refractivity contribution in [2.75, 3.05) is 22.1 Å². The number of aromatic nitrogens is 1. The van der Waals surface area contributed by atoms with Crippen LogP contribution in [0.15, 0.2) is 59.1 Å². The lowest BCUT2D eigenvalue weighted by Gasteiger charge is -2.09. The molecule has 3 aromatic rings. The van der Waals surface area contributed by atoms with Crippen LogP contribution < -0.4 is 16.0 Å². The van der Waals surface area contributed by atoms with Crippen LogP contribution in [0.1, 0.15) is 27.2 Å². The van der Waals surface area contributed by atoms with Gasteiger partial charge >= 0.3 is 0 Å². The van der Waals surface area contributed by atoms with Gasteiger partial charge in [0.15, 0.2) is 5.82 Å². The molecule has 32 heavy (non-hydrogen) atoms. The molecule has 166 valence electrons. The summed E-state index contributed by atoms with van der Waals surface area (Å²) in [5, 5.41) is 12.0. The highest BCUT2D eigenvalue weighted by molar-refractivity contribution is 8.00. The lowest BCUT2D eigenvalue weighted by molar-refractivity contribution is -0.118. The molecule has 2 aromatic carbocycles. The summed E-state index contributed by atoms with van der Waals surface area (Å²) in [5.74, 6) is 0.594. The summed E-state index contributed by atoms with van der Waals surface area (Å²) in [6.45, 7) is 4.01. The van der Waals surface area contributed by atoms with E-state index in [0.29, 0.717) is 29.4 Å². The molecule has 0 aliphatic heterocycles. The van der Waals surface area contributed by atoms with E-state index in [1.807, 2.05) is 37.3 Å². The lowest BCUT2D eigenvalue weighted by Crippen LogP contribution is -2.25. The van der Waals surface area contributed by atoms with E-state index < -0.39 is 0 Å². The van der Waals surface area contributed by atoms with Crippen molar-refractivity contribution in [1.82, 2.24) is 10.5 Å². The maximum atomic E-state index is 12.4. The van der Waals surface area contributed by atoms with E-state index in [-0.39, 0.29) is 29.2 Å². The third-order valence-corrected chi connectivity index (χ3v) is 5.28. The minimum atomic E-state index is -0.256. The first-order chi connectivity index (χ1) is 15.4. The van der Waals surface area contributed by atoms with Crippen LogP contribution in [0.5, 0.6) is 0 Å². The largest absolute Gasteiger partial charge is 0.360 e. The van der Waals surface area contributed by atoms with Crippen molar-refractivity contribution >= 4 is 41.0 Å². The number of amides is 3. The molecule has 0 aliphatic carbocycles. The predicted molar refractivity (Wildman–Crippen MR) is 125 cm³/mol. The van der Waals surface area contributed by atoms with Gasteiger partial charge in [0, 0.05) is 23.9 Å². The summed E-state index contributed by atoms with van der Waals surface area (Å²) in [5.41, 5.74) is 3.16. The summed E-state index contributed by atoms with van der Waals surface area (Å²) in [6, 6.07) is 16.2. The average molecular weight is 453 g/mol. The molecule has 3 amide bonds. The summed E-state index contributed by atoms with van der Waals surface area (Å²) in [6.07, 6.45) is 0. The number of carbonyl (C=O) groups excluding carboxylic acids is 3. The number of nitrogens with zero attached hydrogens (tertiary/aromatic N) is 1. The first-order valence-corrected chi connectivity index (χ1v) is 11.1. The van der Waals surface area contributed by atoms with Crippen LogP contribution in [0.25, 0.3) is 0 Å². The normalized spacial score (nSPS) is 10.4. The topological polar surface area (TPSA) is 113 Å².